The number of benzene rings is 1. The first-order valence-corrected chi connectivity index (χ1v) is 6.90. The van der Waals surface area contributed by atoms with Gasteiger partial charge in [-0.3, -0.25) is 4.98 Å². The number of hydrogen-bond acceptors (Lipinski definition) is 3. The van der Waals surface area contributed by atoms with Crippen molar-refractivity contribution < 1.29 is 14.6 Å². The Bertz CT molecular complexity index is 880. The van der Waals surface area contributed by atoms with E-state index in [1.807, 2.05) is 12.1 Å². The van der Waals surface area contributed by atoms with Crippen molar-refractivity contribution in [2.45, 2.75) is 6.42 Å². The molecule has 0 bridgehead atoms. The summed E-state index contributed by atoms with van der Waals surface area (Å²) >= 11 is 5.89. The maximum absolute atomic E-state index is 11.7. The zero-order chi connectivity index (χ0) is 15.7. The van der Waals surface area contributed by atoms with E-state index < -0.39 is 5.97 Å². The highest BCUT2D eigenvalue weighted by atomic mass is 35.5. The molecule has 0 saturated heterocycles. The maximum Gasteiger partial charge on any atom is 0.335 e. The van der Waals surface area contributed by atoms with Crippen molar-refractivity contribution in [3.63, 3.8) is 0 Å². The second kappa shape index (κ2) is 5.61. The summed E-state index contributed by atoms with van der Waals surface area (Å²) in [6.45, 7) is 0. The third kappa shape index (κ3) is 2.84. The lowest BCUT2D eigenvalue weighted by Crippen LogP contribution is -2.26. The highest BCUT2D eigenvalue weighted by Gasteiger charge is 2.09. The SMILES string of the molecule is O=C(O)c1ccnc(Cc2ccc3c(cc(Cl)c[n+]3[O-])c2)c1. The van der Waals surface area contributed by atoms with E-state index in [4.69, 9.17) is 16.7 Å². The van der Waals surface area contributed by atoms with Gasteiger partial charge in [0.15, 0.2) is 6.20 Å². The molecule has 0 amide bonds. The van der Waals surface area contributed by atoms with Gasteiger partial charge in [0.25, 0.3) is 0 Å². The largest absolute Gasteiger partial charge is 0.618 e. The summed E-state index contributed by atoms with van der Waals surface area (Å²) in [5.41, 5.74) is 2.30. The van der Waals surface area contributed by atoms with Crippen LogP contribution >= 0.6 is 11.6 Å². The summed E-state index contributed by atoms with van der Waals surface area (Å²) in [5, 5.41) is 21.8. The molecule has 2 heterocycles. The molecular formula is C16H11ClN2O3. The topological polar surface area (TPSA) is 77.1 Å². The first-order valence-electron chi connectivity index (χ1n) is 6.52. The van der Waals surface area contributed by atoms with Crippen LogP contribution in [0.25, 0.3) is 10.9 Å². The molecule has 2 aromatic heterocycles. The van der Waals surface area contributed by atoms with Crippen LogP contribution in [-0.4, -0.2) is 16.1 Å². The Morgan fingerprint density at radius 3 is 2.86 bits per heavy atom. The highest BCUT2D eigenvalue weighted by molar-refractivity contribution is 6.30. The molecule has 0 unspecified atom stereocenters. The van der Waals surface area contributed by atoms with Gasteiger partial charge in [0.1, 0.15) is 5.02 Å². The van der Waals surface area contributed by atoms with Gasteiger partial charge >= 0.3 is 5.97 Å². The minimum absolute atomic E-state index is 0.200. The third-order valence-corrected chi connectivity index (χ3v) is 3.52. The molecule has 0 fully saturated rings. The van der Waals surface area contributed by atoms with Crippen molar-refractivity contribution >= 4 is 28.5 Å². The van der Waals surface area contributed by atoms with Crippen LogP contribution in [0, 0.1) is 5.21 Å². The molecule has 0 atom stereocenters. The molecule has 1 N–H and O–H groups in total. The summed E-state index contributed by atoms with van der Waals surface area (Å²) in [5.74, 6) is -0.985. The van der Waals surface area contributed by atoms with Crippen LogP contribution < -0.4 is 4.73 Å². The fraction of sp³-hybridized carbons (Fsp3) is 0.0625. The molecule has 0 spiro atoms. The van der Waals surface area contributed by atoms with E-state index in [9.17, 15) is 10.0 Å². The van der Waals surface area contributed by atoms with Crippen LogP contribution in [0.15, 0.2) is 48.8 Å². The van der Waals surface area contributed by atoms with E-state index >= 15 is 0 Å². The number of aromatic carboxylic acids is 1. The predicted octanol–water partition coefficient (Wildman–Crippen LogP) is 2.81. The second-order valence-electron chi connectivity index (χ2n) is 4.90. The van der Waals surface area contributed by atoms with Crippen molar-refractivity contribution in [2.24, 2.45) is 0 Å². The zero-order valence-corrected chi connectivity index (χ0v) is 12.1. The van der Waals surface area contributed by atoms with Crippen molar-refractivity contribution in [2.75, 3.05) is 0 Å². The zero-order valence-electron chi connectivity index (χ0n) is 11.4. The number of pyridine rings is 2. The monoisotopic (exact) mass is 314 g/mol. The normalized spacial score (nSPS) is 10.8. The van der Waals surface area contributed by atoms with Crippen molar-refractivity contribution in [1.82, 2.24) is 4.98 Å². The van der Waals surface area contributed by atoms with E-state index in [1.165, 1.54) is 24.5 Å². The number of hydrogen-bond donors (Lipinski definition) is 1. The van der Waals surface area contributed by atoms with Crippen molar-refractivity contribution in [3.8, 4) is 0 Å². The standard InChI is InChI=1S/C16H11ClN2O3/c17-13-7-12-5-10(1-2-15(12)19(22)9-13)6-14-8-11(16(20)21)3-4-18-14/h1-5,7-9H,6H2,(H,20,21). The quantitative estimate of drug-likeness (QED) is 0.595. The molecule has 6 heteroatoms. The molecule has 3 aromatic rings. The molecule has 0 aliphatic carbocycles. The number of nitrogens with zero attached hydrogens (tertiary/aromatic N) is 2. The van der Waals surface area contributed by atoms with Gasteiger partial charge in [-0.2, -0.15) is 4.73 Å². The van der Waals surface area contributed by atoms with Gasteiger partial charge in [0.2, 0.25) is 5.52 Å². The third-order valence-electron chi connectivity index (χ3n) is 3.31. The number of halogens is 1. The number of fused-ring (bicyclic) bond motifs is 1. The van der Waals surface area contributed by atoms with Crippen LogP contribution in [-0.2, 0) is 6.42 Å². The molecule has 3 rings (SSSR count). The summed E-state index contributed by atoms with van der Waals surface area (Å²) in [7, 11) is 0. The van der Waals surface area contributed by atoms with E-state index in [0.29, 0.717) is 22.7 Å². The lowest BCUT2D eigenvalue weighted by molar-refractivity contribution is -0.576. The molecule has 5 nitrogen and oxygen atoms in total. The average molecular weight is 315 g/mol. The minimum atomic E-state index is -0.985. The molecule has 0 radical (unpaired) electrons. The molecule has 0 aliphatic rings. The lowest BCUT2D eigenvalue weighted by atomic mass is 10.1. The van der Waals surface area contributed by atoms with Gasteiger partial charge in [-0.25, -0.2) is 4.79 Å². The Kier molecular flexibility index (Phi) is 3.65. The summed E-state index contributed by atoms with van der Waals surface area (Å²) in [6.07, 6.45) is 3.26. The Labute approximate surface area is 131 Å². The second-order valence-corrected chi connectivity index (χ2v) is 5.33. The maximum atomic E-state index is 11.7. The summed E-state index contributed by atoms with van der Waals surface area (Å²) < 4.78 is 0.727. The average Bonchev–Trinajstić information content (AvgIpc) is 2.47. The first-order chi connectivity index (χ1) is 10.5. The predicted molar refractivity (Wildman–Crippen MR) is 81.9 cm³/mol. The number of aromatic nitrogens is 2. The Hall–Kier alpha value is -2.66. The van der Waals surface area contributed by atoms with Crippen LogP contribution in [0.4, 0.5) is 0 Å². The van der Waals surface area contributed by atoms with Gasteiger partial charge in [-0.15, -0.1) is 0 Å². The Balaban J connectivity index is 1.97. The summed E-state index contributed by atoms with van der Waals surface area (Å²) in [6, 6.07) is 10.1. The molecule has 110 valence electrons. The number of carbonyl (C=O) groups is 1. The molecule has 0 saturated carbocycles. The fourth-order valence-electron chi connectivity index (χ4n) is 2.31. The smallest absolute Gasteiger partial charge is 0.335 e. The van der Waals surface area contributed by atoms with Crippen molar-refractivity contribution in [1.29, 1.82) is 0 Å². The fourth-order valence-corrected chi connectivity index (χ4v) is 2.52. The Morgan fingerprint density at radius 1 is 1.27 bits per heavy atom. The molecule has 1 aromatic carbocycles. The van der Waals surface area contributed by atoms with Gasteiger partial charge in [0, 0.05) is 29.8 Å². The molecule has 0 aliphatic heterocycles. The molecular weight excluding hydrogens is 304 g/mol. The van der Waals surface area contributed by atoms with Gasteiger partial charge in [-0.05, 0) is 29.8 Å². The highest BCUT2D eigenvalue weighted by Crippen LogP contribution is 2.19. The van der Waals surface area contributed by atoms with Gasteiger partial charge < -0.3 is 10.3 Å². The number of carboxylic acid groups (broad SMARTS) is 1. The van der Waals surface area contributed by atoms with Crippen LogP contribution in [0.2, 0.25) is 5.02 Å². The minimum Gasteiger partial charge on any atom is -0.618 e. The summed E-state index contributed by atoms with van der Waals surface area (Å²) in [4.78, 5) is 15.2. The van der Waals surface area contributed by atoms with E-state index in [-0.39, 0.29) is 5.56 Å². The lowest BCUT2D eigenvalue weighted by Gasteiger charge is -2.06. The van der Waals surface area contributed by atoms with E-state index in [2.05, 4.69) is 4.98 Å². The Morgan fingerprint density at radius 2 is 2.09 bits per heavy atom. The van der Waals surface area contributed by atoms with Gasteiger partial charge in [-0.1, -0.05) is 17.7 Å². The first kappa shape index (κ1) is 14.3. The van der Waals surface area contributed by atoms with Gasteiger partial charge in [0.05, 0.1) is 5.56 Å². The molecule has 22 heavy (non-hydrogen) atoms. The van der Waals surface area contributed by atoms with Crippen molar-refractivity contribution in [3.05, 3.63) is 75.8 Å². The van der Waals surface area contributed by atoms with E-state index in [0.717, 1.165) is 15.7 Å². The van der Waals surface area contributed by atoms with Crippen LogP contribution in [0.5, 0.6) is 0 Å². The van der Waals surface area contributed by atoms with E-state index in [1.54, 1.807) is 12.1 Å². The van der Waals surface area contributed by atoms with Crippen LogP contribution in [0.3, 0.4) is 0 Å². The number of carboxylic acids is 1. The number of rotatable bonds is 3. The van der Waals surface area contributed by atoms with Crippen LogP contribution in [0.1, 0.15) is 21.6 Å².